The summed E-state index contributed by atoms with van der Waals surface area (Å²) in [7, 11) is 1.94. The van der Waals surface area contributed by atoms with Crippen LogP contribution >= 0.6 is 15.9 Å². The van der Waals surface area contributed by atoms with Crippen molar-refractivity contribution in [3.8, 4) is 0 Å². The molecule has 3 nitrogen and oxygen atoms in total. The monoisotopic (exact) mass is 294 g/mol. The number of benzene rings is 1. The van der Waals surface area contributed by atoms with Crippen molar-refractivity contribution < 1.29 is 5.11 Å². The van der Waals surface area contributed by atoms with Gasteiger partial charge in [0, 0.05) is 35.0 Å². The third-order valence-electron chi connectivity index (χ3n) is 2.85. The Morgan fingerprint density at radius 3 is 2.88 bits per heavy atom. The van der Waals surface area contributed by atoms with Gasteiger partial charge in [0.05, 0.1) is 6.61 Å². The molecule has 0 unspecified atom stereocenters. The third kappa shape index (κ3) is 2.28. The van der Waals surface area contributed by atoms with Gasteiger partial charge in [-0.2, -0.15) is 0 Å². The molecule has 0 saturated carbocycles. The molecule has 2 rings (SSSR count). The van der Waals surface area contributed by atoms with Gasteiger partial charge in [-0.15, -0.1) is 0 Å². The Bertz CT molecular complexity index is 534. The number of aryl methyl sites for hydroxylation is 1. The molecular weight excluding hydrogens is 280 g/mol. The van der Waals surface area contributed by atoms with Gasteiger partial charge in [0.2, 0.25) is 0 Å². The molecule has 1 heterocycles. The van der Waals surface area contributed by atoms with Gasteiger partial charge in [-0.1, -0.05) is 18.2 Å². The number of rotatable bonds is 3. The van der Waals surface area contributed by atoms with Crippen LogP contribution in [0.4, 0.5) is 5.82 Å². The minimum absolute atomic E-state index is 0.127. The minimum Gasteiger partial charge on any atom is -0.395 e. The van der Waals surface area contributed by atoms with E-state index in [4.69, 9.17) is 5.11 Å². The maximum absolute atomic E-state index is 9.00. The van der Waals surface area contributed by atoms with E-state index < -0.39 is 0 Å². The molecule has 0 amide bonds. The van der Waals surface area contributed by atoms with Gasteiger partial charge >= 0.3 is 0 Å². The fraction of sp³-hybridized carbons (Fsp3) is 0.308. The van der Waals surface area contributed by atoms with Gasteiger partial charge in [0.15, 0.2) is 0 Å². The summed E-state index contributed by atoms with van der Waals surface area (Å²) >= 11 is 3.54. The Morgan fingerprint density at radius 1 is 1.41 bits per heavy atom. The lowest BCUT2D eigenvalue weighted by Gasteiger charge is -2.19. The number of hydrogen-bond donors (Lipinski definition) is 1. The van der Waals surface area contributed by atoms with Crippen LogP contribution in [-0.4, -0.2) is 30.3 Å². The number of aliphatic hydroxyl groups is 1. The second-order valence-corrected chi connectivity index (χ2v) is 4.93. The topological polar surface area (TPSA) is 36.4 Å². The average Bonchev–Trinajstić information content (AvgIpc) is 2.29. The van der Waals surface area contributed by atoms with Crippen LogP contribution in [0.1, 0.15) is 5.56 Å². The van der Waals surface area contributed by atoms with Crippen molar-refractivity contribution >= 4 is 32.5 Å². The van der Waals surface area contributed by atoms with Crippen molar-refractivity contribution in [3.63, 3.8) is 0 Å². The van der Waals surface area contributed by atoms with Crippen LogP contribution in [0, 0.1) is 6.92 Å². The van der Waals surface area contributed by atoms with Crippen LogP contribution in [0.15, 0.2) is 28.9 Å². The first-order valence-corrected chi connectivity index (χ1v) is 6.30. The smallest absolute Gasteiger partial charge is 0.136 e. The summed E-state index contributed by atoms with van der Waals surface area (Å²) in [6.07, 6.45) is 1.82. The van der Waals surface area contributed by atoms with Crippen LogP contribution in [0.25, 0.3) is 10.8 Å². The zero-order valence-electron chi connectivity index (χ0n) is 9.94. The summed E-state index contributed by atoms with van der Waals surface area (Å²) in [6.45, 7) is 2.79. The van der Waals surface area contributed by atoms with Crippen molar-refractivity contribution in [2.75, 3.05) is 25.1 Å². The van der Waals surface area contributed by atoms with E-state index in [1.165, 1.54) is 10.9 Å². The Morgan fingerprint density at radius 2 is 2.18 bits per heavy atom. The molecule has 17 heavy (non-hydrogen) atoms. The zero-order chi connectivity index (χ0) is 12.4. The number of halogens is 1. The summed E-state index contributed by atoms with van der Waals surface area (Å²) in [5, 5.41) is 11.3. The number of pyridine rings is 1. The summed E-state index contributed by atoms with van der Waals surface area (Å²) in [5.74, 6) is 0.904. The van der Waals surface area contributed by atoms with Gasteiger partial charge in [-0.25, -0.2) is 4.98 Å². The molecule has 0 atom stereocenters. The molecule has 90 valence electrons. The number of hydrogen-bond acceptors (Lipinski definition) is 3. The molecule has 2 aromatic rings. The Balaban J connectivity index is 2.66. The van der Waals surface area contributed by atoms with Gasteiger partial charge in [0.25, 0.3) is 0 Å². The van der Waals surface area contributed by atoms with E-state index in [1.54, 1.807) is 0 Å². The Labute approximate surface area is 109 Å². The number of likely N-dealkylation sites (N-methyl/N-ethyl adjacent to an activating group) is 1. The number of aliphatic hydroxyl groups excluding tert-OH is 1. The summed E-state index contributed by atoms with van der Waals surface area (Å²) in [4.78, 5) is 6.40. The van der Waals surface area contributed by atoms with E-state index >= 15 is 0 Å². The summed E-state index contributed by atoms with van der Waals surface area (Å²) < 4.78 is 1.01. The van der Waals surface area contributed by atoms with Crippen molar-refractivity contribution in [3.05, 3.63) is 34.4 Å². The third-order valence-corrected chi connectivity index (χ3v) is 3.45. The predicted molar refractivity (Wildman–Crippen MR) is 74.5 cm³/mol. The van der Waals surface area contributed by atoms with E-state index in [0.717, 1.165) is 15.7 Å². The highest BCUT2D eigenvalue weighted by molar-refractivity contribution is 9.10. The maximum Gasteiger partial charge on any atom is 0.136 e. The van der Waals surface area contributed by atoms with Crippen LogP contribution in [0.2, 0.25) is 0 Å². The first-order valence-electron chi connectivity index (χ1n) is 5.51. The molecule has 0 aliphatic carbocycles. The van der Waals surface area contributed by atoms with Crippen molar-refractivity contribution in [2.45, 2.75) is 6.92 Å². The van der Waals surface area contributed by atoms with Gasteiger partial charge in [-0.3, -0.25) is 0 Å². The Hall–Kier alpha value is -1.13. The largest absolute Gasteiger partial charge is 0.395 e. The molecule has 0 fully saturated rings. The number of fused-ring (bicyclic) bond motifs is 1. The SMILES string of the molecule is Cc1cccc2c(N(C)CCO)ncc(Br)c12. The van der Waals surface area contributed by atoms with Gasteiger partial charge in [-0.05, 0) is 28.4 Å². The first-order chi connectivity index (χ1) is 8.15. The molecule has 1 aromatic carbocycles. The van der Waals surface area contributed by atoms with Crippen LogP contribution in [0.3, 0.4) is 0 Å². The lowest BCUT2D eigenvalue weighted by atomic mass is 10.1. The van der Waals surface area contributed by atoms with Crippen molar-refractivity contribution in [2.24, 2.45) is 0 Å². The lowest BCUT2D eigenvalue weighted by Crippen LogP contribution is -2.22. The average molecular weight is 295 g/mol. The highest BCUT2D eigenvalue weighted by Gasteiger charge is 2.10. The standard InChI is InChI=1S/C13H15BrN2O/c1-9-4-3-5-10-12(9)11(14)8-15-13(10)16(2)6-7-17/h3-5,8,17H,6-7H2,1-2H3. The van der Waals surface area contributed by atoms with E-state index in [0.29, 0.717) is 6.54 Å². The van der Waals surface area contributed by atoms with Gasteiger partial charge in [0.1, 0.15) is 5.82 Å². The summed E-state index contributed by atoms with van der Waals surface area (Å²) in [6, 6.07) is 6.17. The molecule has 0 saturated heterocycles. The molecule has 1 N–H and O–H groups in total. The van der Waals surface area contributed by atoms with Crippen molar-refractivity contribution in [1.82, 2.24) is 4.98 Å². The second-order valence-electron chi connectivity index (χ2n) is 4.07. The van der Waals surface area contributed by atoms with Crippen LogP contribution in [-0.2, 0) is 0 Å². The van der Waals surface area contributed by atoms with Crippen LogP contribution in [0.5, 0.6) is 0 Å². The Kier molecular flexibility index (Phi) is 3.64. The quantitative estimate of drug-likeness (QED) is 0.946. The first kappa shape index (κ1) is 12.3. The summed E-state index contributed by atoms with van der Waals surface area (Å²) in [5.41, 5.74) is 1.22. The highest BCUT2D eigenvalue weighted by atomic mass is 79.9. The molecular formula is C13H15BrN2O. The zero-order valence-corrected chi connectivity index (χ0v) is 11.5. The van der Waals surface area contributed by atoms with E-state index in [1.807, 2.05) is 24.2 Å². The number of aromatic nitrogens is 1. The van der Waals surface area contributed by atoms with Crippen LogP contribution < -0.4 is 4.90 Å². The fourth-order valence-electron chi connectivity index (χ4n) is 1.98. The fourth-order valence-corrected chi connectivity index (χ4v) is 2.61. The van der Waals surface area contributed by atoms with E-state index in [2.05, 4.69) is 40.0 Å². The highest BCUT2D eigenvalue weighted by Crippen LogP contribution is 2.31. The van der Waals surface area contributed by atoms with Gasteiger partial charge < -0.3 is 10.0 Å². The molecule has 0 spiro atoms. The van der Waals surface area contributed by atoms with Crippen molar-refractivity contribution in [1.29, 1.82) is 0 Å². The molecule has 0 aliphatic rings. The minimum atomic E-state index is 0.127. The maximum atomic E-state index is 9.00. The number of nitrogens with zero attached hydrogens (tertiary/aromatic N) is 2. The van der Waals surface area contributed by atoms with E-state index in [-0.39, 0.29) is 6.61 Å². The number of anilines is 1. The molecule has 0 radical (unpaired) electrons. The van der Waals surface area contributed by atoms with E-state index in [9.17, 15) is 0 Å². The lowest BCUT2D eigenvalue weighted by molar-refractivity contribution is 0.304. The molecule has 0 aliphatic heterocycles. The second kappa shape index (κ2) is 5.02. The molecule has 1 aromatic heterocycles. The molecule has 4 heteroatoms. The normalized spacial score (nSPS) is 10.8. The predicted octanol–water partition coefficient (Wildman–Crippen LogP) is 2.73. The molecule has 0 bridgehead atoms.